The van der Waals surface area contributed by atoms with E-state index >= 15 is 0 Å². The zero-order valence-electron chi connectivity index (χ0n) is 18.3. The van der Waals surface area contributed by atoms with Gasteiger partial charge in [0.15, 0.2) is 0 Å². The zero-order valence-corrected chi connectivity index (χ0v) is 18.3. The van der Waals surface area contributed by atoms with Crippen LogP contribution in [0.4, 0.5) is 5.69 Å². The number of aromatic nitrogens is 4. The lowest BCUT2D eigenvalue weighted by Crippen LogP contribution is -2.36. The van der Waals surface area contributed by atoms with E-state index in [1.807, 2.05) is 25.3 Å². The fourth-order valence-corrected chi connectivity index (χ4v) is 4.15. The van der Waals surface area contributed by atoms with Crippen molar-refractivity contribution in [2.24, 2.45) is 0 Å². The van der Waals surface area contributed by atoms with Crippen molar-refractivity contribution in [1.82, 2.24) is 19.9 Å². The van der Waals surface area contributed by atoms with E-state index in [0.717, 1.165) is 71.0 Å². The van der Waals surface area contributed by atoms with Crippen molar-refractivity contribution in [2.45, 2.75) is 13.3 Å². The molecule has 3 heterocycles. The van der Waals surface area contributed by atoms with Crippen molar-refractivity contribution >= 4 is 16.6 Å². The third-order valence-corrected chi connectivity index (χ3v) is 5.91. The van der Waals surface area contributed by atoms with Crippen molar-refractivity contribution in [3.63, 3.8) is 0 Å². The number of anilines is 1. The Morgan fingerprint density at radius 3 is 2.69 bits per heavy atom. The fourth-order valence-electron chi connectivity index (χ4n) is 4.15. The predicted molar refractivity (Wildman–Crippen MR) is 124 cm³/mol. The lowest BCUT2D eigenvalue weighted by atomic mass is 9.99. The van der Waals surface area contributed by atoms with Gasteiger partial charge in [0.25, 0.3) is 0 Å². The van der Waals surface area contributed by atoms with E-state index in [-0.39, 0.29) is 0 Å². The van der Waals surface area contributed by atoms with Gasteiger partial charge >= 0.3 is 0 Å². The number of methoxy groups -OCH3 is 1. The van der Waals surface area contributed by atoms with Gasteiger partial charge < -0.3 is 14.4 Å². The Bertz CT molecular complexity index is 1250. The largest absolute Gasteiger partial charge is 0.496 e. The third-order valence-electron chi connectivity index (χ3n) is 5.91. The highest BCUT2D eigenvalue weighted by Gasteiger charge is 2.15. The van der Waals surface area contributed by atoms with Crippen LogP contribution >= 0.6 is 0 Å². The summed E-state index contributed by atoms with van der Waals surface area (Å²) in [6.45, 7) is 5.33. The van der Waals surface area contributed by atoms with Crippen LogP contribution in [0.25, 0.3) is 22.2 Å². The van der Waals surface area contributed by atoms with E-state index in [1.54, 1.807) is 19.8 Å². The summed E-state index contributed by atoms with van der Waals surface area (Å²) in [5.74, 6) is 0.833. The van der Waals surface area contributed by atoms with Gasteiger partial charge in [0.05, 0.1) is 37.2 Å². The van der Waals surface area contributed by atoms with Crippen LogP contribution in [0.5, 0.6) is 5.75 Å². The van der Waals surface area contributed by atoms with Crippen LogP contribution in [0.3, 0.4) is 0 Å². The highest BCUT2D eigenvalue weighted by atomic mass is 16.5. The second-order valence-electron chi connectivity index (χ2n) is 7.88. The molecule has 0 saturated carbocycles. The van der Waals surface area contributed by atoms with E-state index < -0.39 is 0 Å². The van der Waals surface area contributed by atoms with Crippen LogP contribution in [0.15, 0.2) is 55.2 Å². The Labute approximate surface area is 187 Å². The summed E-state index contributed by atoms with van der Waals surface area (Å²) in [6, 6.07) is 12.6. The Morgan fingerprint density at radius 1 is 1.00 bits per heavy atom. The number of fused-ring (bicyclic) bond motifs is 1. The first-order chi connectivity index (χ1) is 15.7. The van der Waals surface area contributed by atoms with E-state index in [2.05, 4.69) is 49.1 Å². The Balaban J connectivity index is 1.54. The van der Waals surface area contributed by atoms with Crippen LogP contribution in [0.1, 0.15) is 16.8 Å². The summed E-state index contributed by atoms with van der Waals surface area (Å²) in [7, 11) is 1.69. The van der Waals surface area contributed by atoms with E-state index in [1.165, 1.54) is 5.69 Å². The van der Waals surface area contributed by atoms with E-state index in [4.69, 9.17) is 9.47 Å². The van der Waals surface area contributed by atoms with Gasteiger partial charge in [-0.3, -0.25) is 0 Å². The molecule has 7 heteroatoms. The maximum atomic E-state index is 5.63. The molecule has 1 aliphatic rings. The maximum absolute atomic E-state index is 5.63. The molecule has 0 aliphatic carbocycles. The second-order valence-corrected chi connectivity index (χ2v) is 7.88. The van der Waals surface area contributed by atoms with Gasteiger partial charge in [0.1, 0.15) is 18.4 Å². The second kappa shape index (κ2) is 8.88. The highest BCUT2D eigenvalue weighted by Crippen LogP contribution is 2.32. The minimum absolute atomic E-state index is 0.662. The summed E-state index contributed by atoms with van der Waals surface area (Å²) in [5.41, 5.74) is 7.14. The number of hydrogen-bond donors (Lipinski definition) is 0. The van der Waals surface area contributed by atoms with Crippen LogP contribution in [-0.4, -0.2) is 53.3 Å². The molecule has 5 rings (SSSR count). The molecule has 0 N–H and O–H groups in total. The highest BCUT2D eigenvalue weighted by molar-refractivity contribution is 5.94. The third kappa shape index (κ3) is 3.99. The first-order valence-electron chi connectivity index (χ1n) is 10.7. The van der Waals surface area contributed by atoms with E-state index in [0.29, 0.717) is 6.42 Å². The molecule has 0 atom stereocenters. The first-order valence-corrected chi connectivity index (χ1v) is 10.7. The van der Waals surface area contributed by atoms with Gasteiger partial charge in [-0.1, -0.05) is 0 Å². The molecule has 0 spiro atoms. The smallest absolute Gasteiger partial charge is 0.122 e. The van der Waals surface area contributed by atoms with Crippen molar-refractivity contribution in [2.75, 3.05) is 38.3 Å². The minimum atomic E-state index is 0.662. The Hall–Kier alpha value is -3.58. The number of benzene rings is 2. The SMILES string of the molecule is COc1ccc(-c2ncnc3cc(N4CCOCC4)ccc23)cc1Cc1ncncc1C. The number of aryl methyl sites for hydroxylation is 1. The van der Waals surface area contributed by atoms with Gasteiger partial charge in [0.2, 0.25) is 0 Å². The molecule has 1 saturated heterocycles. The number of morpholine rings is 1. The van der Waals surface area contributed by atoms with Gasteiger partial charge in [-0.05, 0) is 48.9 Å². The fraction of sp³-hybridized carbons (Fsp3) is 0.280. The van der Waals surface area contributed by atoms with Gasteiger partial charge in [-0.25, -0.2) is 19.9 Å². The van der Waals surface area contributed by atoms with Gasteiger partial charge in [-0.2, -0.15) is 0 Å². The van der Waals surface area contributed by atoms with Crippen molar-refractivity contribution in [1.29, 1.82) is 0 Å². The molecular weight excluding hydrogens is 402 g/mol. The summed E-state index contributed by atoms with van der Waals surface area (Å²) in [5, 5.41) is 1.03. The van der Waals surface area contributed by atoms with Crippen molar-refractivity contribution < 1.29 is 9.47 Å². The monoisotopic (exact) mass is 427 g/mol. The average molecular weight is 428 g/mol. The van der Waals surface area contributed by atoms with Crippen LogP contribution in [0.2, 0.25) is 0 Å². The summed E-state index contributed by atoms with van der Waals surface area (Å²) < 4.78 is 11.1. The molecule has 32 heavy (non-hydrogen) atoms. The molecule has 4 aromatic rings. The maximum Gasteiger partial charge on any atom is 0.122 e. The molecular formula is C25H25N5O2. The number of ether oxygens (including phenoxy) is 2. The summed E-state index contributed by atoms with van der Waals surface area (Å²) in [6.07, 6.45) is 5.72. The lowest BCUT2D eigenvalue weighted by molar-refractivity contribution is 0.122. The molecule has 0 bridgehead atoms. The van der Waals surface area contributed by atoms with Crippen molar-refractivity contribution in [3.8, 4) is 17.0 Å². The number of rotatable bonds is 5. The van der Waals surface area contributed by atoms with E-state index in [9.17, 15) is 0 Å². The molecule has 0 unspecified atom stereocenters. The molecule has 0 radical (unpaired) electrons. The predicted octanol–water partition coefficient (Wildman–Crippen LogP) is 3.83. The average Bonchev–Trinajstić information content (AvgIpc) is 2.85. The Morgan fingerprint density at radius 2 is 1.88 bits per heavy atom. The normalized spacial score (nSPS) is 14.0. The van der Waals surface area contributed by atoms with Crippen LogP contribution < -0.4 is 9.64 Å². The standard InChI is InChI=1S/C25H25N5O2/c1-17-14-26-15-27-22(17)12-19-11-18(3-6-24(19)31-2)25-21-5-4-20(13-23(21)28-16-29-25)30-7-9-32-10-8-30/h3-6,11,13-16H,7-10,12H2,1-2H3. The van der Waals surface area contributed by atoms with Crippen LogP contribution in [0, 0.1) is 6.92 Å². The lowest BCUT2D eigenvalue weighted by Gasteiger charge is -2.29. The molecule has 162 valence electrons. The molecule has 1 aliphatic heterocycles. The zero-order chi connectivity index (χ0) is 21.9. The quantitative estimate of drug-likeness (QED) is 0.479. The molecule has 2 aromatic carbocycles. The van der Waals surface area contributed by atoms with Gasteiger partial charge in [0, 0.05) is 47.9 Å². The molecule has 7 nitrogen and oxygen atoms in total. The Kier molecular flexibility index (Phi) is 5.64. The summed E-state index contributed by atoms with van der Waals surface area (Å²) >= 11 is 0. The van der Waals surface area contributed by atoms with Crippen molar-refractivity contribution in [3.05, 3.63) is 72.1 Å². The molecule has 2 aromatic heterocycles. The van der Waals surface area contributed by atoms with Gasteiger partial charge in [-0.15, -0.1) is 0 Å². The van der Waals surface area contributed by atoms with Crippen LogP contribution in [-0.2, 0) is 11.2 Å². The minimum Gasteiger partial charge on any atom is -0.496 e. The first kappa shape index (κ1) is 20.3. The molecule has 0 amide bonds. The number of hydrogen-bond acceptors (Lipinski definition) is 7. The topological polar surface area (TPSA) is 73.3 Å². The summed E-state index contributed by atoms with van der Waals surface area (Å²) in [4.78, 5) is 20.1. The molecule has 1 fully saturated rings. The number of nitrogens with zero attached hydrogens (tertiary/aromatic N) is 5.